The van der Waals surface area contributed by atoms with Crippen molar-refractivity contribution in [1.82, 2.24) is 0 Å². The van der Waals surface area contributed by atoms with Crippen molar-refractivity contribution in [3.8, 4) is 0 Å². The lowest BCUT2D eigenvalue weighted by molar-refractivity contribution is 0.549. The number of hydrogen-bond acceptors (Lipinski definition) is 2. The minimum atomic E-state index is -0.629. The Hall–Kier alpha value is -1.18. The highest BCUT2D eigenvalue weighted by atomic mass is 16.3. The van der Waals surface area contributed by atoms with Crippen molar-refractivity contribution in [2.45, 2.75) is 45.6 Å². The van der Waals surface area contributed by atoms with Gasteiger partial charge in [-0.2, -0.15) is 0 Å². The zero-order valence-corrected chi connectivity index (χ0v) is 10.2. The summed E-state index contributed by atoms with van der Waals surface area (Å²) in [5.41, 5.74) is 1.76. The molecule has 0 aromatic heterocycles. The van der Waals surface area contributed by atoms with Gasteiger partial charge in [0.1, 0.15) is 5.54 Å². The lowest BCUT2D eigenvalue weighted by Gasteiger charge is -2.21. The third-order valence-corrected chi connectivity index (χ3v) is 2.69. The van der Waals surface area contributed by atoms with Crippen LogP contribution in [-0.4, -0.2) is 0 Å². The van der Waals surface area contributed by atoms with E-state index < -0.39 is 5.54 Å². The first-order valence-electron chi connectivity index (χ1n) is 5.23. The predicted octanol–water partition coefficient (Wildman–Crippen LogP) is 3.99. The lowest BCUT2D eigenvalue weighted by atomic mass is 9.85. The van der Waals surface area contributed by atoms with Crippen molar-refractivity contribution in [1.29, 1.82) is 0 Å². The van der Waals surface area contributed by atoms with E-state index in [1.807, 2.05) is 26.0 Å². The second-order valence-electron chi connectivity index (χ2n) is 5.48. The van der Waals surface area contributed by atoms with Crippen LogP contribution in [0.1, 0.15) is 45.7 Å². The molecule has 0 saturated carbocycles. The number of benzene rings is 1. The predicted molar refractivity (Wildman–Crippen MR) is 64.0 cm³/mol. The van der Waals surface area contributed by atoms with Gasteiger partial charge in [-0.25, -0.2) is 0 Å². The van der Waals surface area contributed by atoms with Gasteiger partial charge in [-0.15, -0.1) is 4.91 Å². The number of hydrogen-bond donors (Lipinski definition) is 0. The van der Waals surface area contributed by atoms with Gasteiger partial charge >= 0.3 is 0 Å². The van der Waals surface area contributed by atoms with Gasteiger partial charge in [0.2, 0.25) is 0 Å². The van der Waals surface area contributed by atoms with Crippen LogP contribution in [0.3, 0.4) is 0 Å². The van der Waals surface area contributed by atoms with Crippen LogP contribution in [0.2, 0.25) is 0 Å². The fraction of sp³-hybridized carbons (Fsp3) is 0.538. The molecule has 0 aliphatic rings. The average molecular weight is 205 g/mol. The summed E-state index contributed by atoms with van der Waals surface area (Å²) in [5, 5.41) is 3.13. The van der Waals surface area contributed by atoms with Gasteiger partial charge in [0.15, 0.2) is 0 Å². The van der Waals surface area contributed by atoms with Crippen LogP contribution in [0.25, 0.3) is 0 Å². The Morgan fingerprint density at radius 1 is 0.867 bits per heavy atom. The quantitative estimate of drug-likeness (QED) is 0.671. The number of rotatable bonds is 2. The van der Waals surface area contributed by atoms with Crippen LogP contribution < -0.4 is 0 Å². The Labute approximate surface area is 91.7 Å². The topological polar surface area (TPSA) is 29.4 Å². The summed E-state index contributed by atoms with van der Waals surface area (Å²) < 4.78 is 0. The molecule has 0 aliphatic carbocycles. The maximum absolute atomic E-state index is 10.7. The van der Waals surface area contributed by atoms with Crippen molar-refractivity contribution < 1.29 is 0 Å². The maximum Gasteiger partial charge on any atom is 0.122 e. The first kappa shape index (κ1) is 11.9. The molecule has 0 radical (unpaired) electrons. The molecule has 2 heteroatoms. The van der Waals surface area contributed by atoms with E-state index in [2.05, 4.69) is 38.1 Å². The summed E-state index contributed by atoms with van der Waals surface area (Å²) in [5.74, 6) is 0. The molecular weight excluding hydrogens is 186 g/mol. The van der Waals surface area contributed by atoms with Crippen molar-refractivity contribution in [3.63, 3.8) is 0 Å². The van der Waals surface area contributed by atoms with Gasteiger partial charge < -0.3 is 0 Å². The van der Waals surface area contributed by atoms with E-state index in [-0.39, 0.29) is 5.41 Å². The smallest absolute Gasteiger partial charge is 0.122 e. The number of nitroso groups, excluding NO2 is 1. The van der Waals surface area contributed by atoms with Crippen LogP contribution in [0.5, 0.6) is 0 Å². The monoisotopic (exact) mass is 205 g/mol. The molecule has 0 unspecified atom stereocenters. The molecule has 0 saturated heterocycles. The first-order chi connectivity index (χ1) is 6.77. The molecule has 82 valence electrons. The molecule has 1 rings (SSSR count). The summed E-state index contributed by atoms with van der Waals surface area (Å²) >= 11 is 0. The molecule has 0 N–H and O–H groups in total. The number of nitrogens with zero attached hydrogens (tertiary/aromatic N) is 1. The second kappa shape index (κ2) is 3.76. The molecule has 0 bridgehead atoms. The molecule has 2 nitrogen and oxygen atoms in total. The molecule has 0 aliphatic heterocycles. The fourth-order valence-corrected chi connectivity index (χ4v) is 1.43. The van der Waals surface area contributed by atoms with E-state index in [0.29, 0.717) is 0 Å². The van der Waals surface area contributed by atoms with Gasteiger partial charge in [0.25, 0.3) is 0 Å². The highest BCUT2D eigenvalue weighted by Gasteiger charge is 2.22. The first-order valence-corrected chi connectivity index (χ1v) is 5.23. The van der Waals surface area contributed by atoms with Crippen molar-refractivity contribution >= 4 is 0 Å². The third kappa shape index (κ3) is 2.65. The van der Waals surface area contributed by atoms with E-state index in [0.717, 1.165) is 5.56 Å². The normalized spacial score (nSPS) is 12.6. The molecule has 1 aromatic rings. The lowest BCUT2D eigenvalue weighted by Crippen LogP contribution is -2.15. The van der Waals surface area contributed by atoms with Crippen LogP contribution in [0, 0.1) is 4.91 Å². The maximum atomic E-state index is 10.7. The fourth-order valence-electron chi connectivity index (χ4n) is 1.43. The van der Waals surface area contributed by atoms with Gasteiger partial charge in [-0.1, -0.05) is 50.2 Å². The third-order valence-electron chi connectivity index (χ3n) is 2.69. The van der Waals surface area contributed by atoms with Crippen molar-refractivity contribution in [3.05, 3.63) is 40.3 Å². The zero-order chi connectivity index (χ0) is 11.7. The van der Waals surface area contributed by atoms with Gasteiger partial charge in [0.05, 0.1) is 0 Å². The standard InChI is InChI=1S/C13H19NO/c1-12(2,3)10-6-8-11(9-7-10)13(4,5)14-15/h6-9H,1-5H3. The average Bonchev–Trinajstić information content (AvgIpc) is 2.17. The minimum absolute atomic E-state index is 0.150. The Bertz CT molecular complexity index is 344. The van der Waals surface area contributed by atoms with E-state index in [4.69, 9.17) is 0 Å². The SMILES string of the molecule is CC(C)(C)c1ccc(C(C)(C)N=O)cc1. The van der Waals surface area contributed by atoms with E-state index >= 15 is 0 Å². The molecule has 0 atom stereocenters. The minimum Gasteiger partial charge on any atom is -0.150 e. The summed E-state index contributed by atoms with van der Waals surface area (Å²) in [6.45, 7) is 10.2. The zero-order valence-electron chi connectivity index (χ0n) is 10.2. The Kier molecular flexibility index (Phi) is 2.98. The molecule has 0 fully saturated rings. The van der Waals surface area contributed by atoms with E-state index in [9.17, 15) is 4.91 Å². The largest absolute Gasteiger partial charge is 0.150 e. The highest BCUT2D eigenvalue weighted by molar-refractivity contribution is 5.31. The van der Waals surface area contributed by atoms with Gasteiger partial charge in [0, 0.05) is 0 Å². The molecule has 15 heavy (non-hydrogen) atoms. The van der Waals surface area contributed by atoms with Crippen LogP contribution in [0.15, 0.2) is 29.4 Å². The van der Waals surface area contributed by atoms with Crippen molar-refractivity contribution in [2.75, 3.05) is 0 Å². The van der Waals surface area contributed by atoms with E-state index in [1.54, 1.807) is 0 Å². The summed E-state index contributed by atoms with van der Waals surface area (Å²) in [4.78, 5) is 10.7. The van der Waals surface area contributed by atoms with Crippen LogP contribution in [0.4, 0.5) is 0 Å². The van der Waals surface area contributed by atoms with Crippen LogP contribution >= 0.6 is 0 Å². The second-order valence-corrected chi connectivity index (χ2v) is 5.48. The molecule has 1 aromatic carbocycles. The Balaban J connectivity index is 3.06. The van der Waals surface area contributed by atoms with Gasteiger partial charge in [-0.3, -0.25) is 0 Å². The van der Waals surface area contributed by atoms with E-state index in [1.165, 1.54) is 5.56 Å². The summed E-state index contributed by atoms with van der Waals surface area (Å²) in [6.07, 6.45) is 0. The van der Waals surface area contributed by atoms with Crippen LogP contribution in [-0.2, 0) is 11.0 Å². The molecular formula is C13H19NO. The van der Waals surface area contributed by atoms with Crippen molar-refractivity contribution in [2.24, 2.45) is 5.18 Å². The Morgan fingerprint density at radius 3 is 1.60 bits per heavy atom. The summed E-state index contributed by atoms with van der Waals surface area (Å²) in [6, 6.07) is 8.12. The molecule has 0 spiro atoms. The molecule has 0 heterocycles. The molecule has 0 amide bonds. The Morgan fingerprint density at radius 2 is 1.27 bits per heavy atom. The summed E-state index contributed by atoms with van der Waals surface area (Å²) in [7, 11) is 0. The highest BCUT2D eigenvalue weighted by Crippen LogP contribution is 2.28. The van der Waals surface area contributed by atoms with Gasteiger partial charge in [-0.05, 0) is 30.4 Å².